The lowest BCUT2D eigenvalue weighted by Crippen LogP contribution is -2.35. The van der Waals surface area contributed by atoms with Crippen molar-refractivity contribution < 1.29 is 18.0 Å². The van der Waals surface area contributed by atoms with Crippen LogP contribution < -0.4 is 14.9 Å². The lowest BCUT2D eigenvalue weighted by Gasteiger charge is -2.27. The van der Waals surface area contributed by atoms with Gasteiger partial charge in [-0.25, -0.2) is 13.1 Å². The van der Waals surface area contributed by atoms with E-state index in [1.807, 2.05) is 24.3 Å². The quantitative estimate of drug-likeness (QED) is 0.707. The molecule has 7 nitrogen and oxygen atoms in total. The highest BCUT2D eigenvalue weighted by atomic mass is 32.2. The molecule has 1 aliphatic heterocycles. The predicted molar refractivity (Wildman–Crippen MR) is 116 cm³/mol. The normalized spacial score (nSPS) is 14.8. The summed E-state index contributed by atoms with van der Waals surface area (Å²) in [4.78, 5) is 26.5. The molecule has 30 heavy (non-hydrogen) atoms. The van der Waals surface area contributed by atoms with E-state index in [-0.39, 0.29) is 22.8 Å². The number of sulfonamides is 1. The van der Waals surface area contributed by atoms with Crippen LogP contribution in [-0.4, -0.2) is 32.8 Å². The van der Waals surface area contributed by atoms with Gasteiger partial charge in [-0.1, -0.05) is 12.1 Å². The van der Waals surface area contributed by atoms with Gasteiger partial charge in [0.1, 0.15) is 0 Å². The average molecular weight is 430 g/mol. The van der Waals surface area contributed by atoms with E-state index < -0.39 is 10.0 Å². The highest BCUT2D eigenvalue weighted by molar-refractivity contribution is 7.89. The largest absolute Gasteiger partial charge is 0.348 e. The third kappa shape index (κ3) is 5.46. The fraction of sp³-hybridized carbons (Fsp3) is 0.364. The minimum absolute atomic E-state index is 0.117. The summed E-state index contributed by atoms with van der Waals surface area (Å²) in [6, 6.07) is 13.2. The number of anilines is 1. The Bertz CT molecular complexity index is 1020. The molecule has 1 fully saturated rings. The van der Waals surface area contributed by atoms with Crippen molar-refractivity contribution in [3.05, 3.63) is 59.7 Å². The number of nitrogens with zero attached hydrogens (tertiary/aromatic N) is 1. The van der Waals surface area contributed by atoms with Crippen molar-refractivity contribution in [1.29, 1.82) is 0 Å². The molecule has 2 aromatic carbocycles. The highest BCUT2D eigenvalue weighted by Gasteiger charge is 2.20. The van der Waals surface area contributed by atoms with E-state index in [1.165, 1.54) is 24.3 Å². The van der Waals surface area contributed by atoms with E-state index >= 15 is 0 Å². The van der Waals surface area contributed by atoms with Crippen LogP contribution in [-0.2, 0) is 21.4 Å². The van der Waals surface area contributed by atoms with Crippen molar-refractivity contribution >= 4 is 27.5 Å². The maximum Gasteiger partial charge on any atom is 0.251 e. The van der Waals surface area contributed by atoms with Crippen LogP contribution in [0.1, 0.15) is 49.0 Å². The zero-order valence-electron chi connectivity index (χ0n) is 17.2. The second kappa shape index (κ2) is 9.40. The average Bonchev–Trinajstić information content (AvgIpc) is 2.72. The Kier molecular flexibility index (Phi) is 6.89. The standard InChI is InChI=1S/C22H27N3O4S/c1-16(2)24-30(28,29)20-11-9-18(10-12-20)22(27)23-15-17-6-5-7-19(14-17)25-13-4-3-8-21(25)26/h5-7,9-12,14,16,24H,3-4,8,13,15H2,1-2H3,(H,23,27). The van der Waals surface area contributed by atoms with Gasteiger partial charge in [-0.3, -0.25) is 9.59 Å². The number of amides is 2. The summed E-state index contributed by atoms with van der Waals surface area (Å²) in [5.74, 6) is -0.167. The number of carbonyl (C=O) groups excluding carboxylic acids is 2. The predicted octanol–water partition coefficient (Wildman–Crippen LogP) is 2.82. The minimum Gasteiger partial charge on any atom is -0.348 e. The number of rotatable bonds is 7. The third-order valence-electron chi connectivity index (χ3n) is 4.82. The van der Waals surface area contributed by atoms with Crippen LogP contribution in [0.5, 0.6) is 0 Å². The Labute approximate surface area is 177 Å². The molecule has 3 rings (SSSR count). The maximum atomic E-state index is 12.5. The Morgan fingerprint density at radius 3 is 2.50 bits per heavy atom. The summed E-state index contributed by atoms with van der Waals surface area (Å²) in [6.07, 6.45) is 2.49. The molecule has 2 aromatic rings. The molecular formula is C22H27N3O4S. The smallest absolute Gasteiger partial charge is 0.251 e. The van der Waals surface area contributed by atoms with Crippen LogP contribution in [0.2, 0.25) is 0 Å². The monoisotopic (exact) mass is 429 g/mol. The molecule has 0 aromatic heterocycles. The Hall–Kier alpha value is -2.71. The SMILES string of the molecule is CC(C)NS(=O)(=O)c1ccc(C(=O)NCc2cccc(N3CCCCC3=O)c2)cc1. The lowest BCUT2D eigenvalue weighted by molar-refractivity contribution is -0.119. The van der Waals surface area contributed by atoms with Crippen molar-refractivity contribution in [2.24, 2.45) is 0 Å². The van der Waals surface area contributed by atoms with E-state index in [2.05, 4.69) is 10.0 Å². The topological polar surface area (TPSA) is 95.6 Å². The highest BCUT2D eigenvalue weighted by Crippen LogP contribution is 2.22. The number of hydrogen-bond acceptors (Lipinski definition) is 4. The number of piperidine rings is 1. The van der Waals surface area contributed by atoms with Gasteiger partial charge in [0, 0.05) is 36.8 Å². The second-order valence-electron chi connectivity index (χ2n) is 7.66. The second-order valence-corrected chi connectivity index (χ2v) is 9.37. The number of benzene rings is 2. The van der Waals surface area contributed by atoms with Crippen molar-refractivity contribution in [2.45, 2.75) is 50.6 Å². The molecule has 0 saturated carbocycles. The molecule has 0 radical (unpaired) electrons. The first-order valence-corrected chi connectivity index (χ1v) is 11.5. The zero-order valence-corrected chi connectivity index (χ0v) is 18.0. The van der Waals surface area contributed by atoms with E-state index in [4.69, 9.17) is 0 Å². The molecule has 0 bridgehead atoms. The Morgan fingerprint density at radius 1 is 1.10 bits per heavy atom. The number of carbonyl (C=O) groups is 2. The van der Waals surface area contributed by atoms with Crippen LogP contribution in [0.25, 0.3) is 0 Å². The van der Waals surface area contributed by atoms with Crippen LogP contribution >= 0.6 is 0 Å². The molecule has 2 N–H and O–H groups in total. The van der Waals surface area contributed by atoms with Gasteiger partial charge in [0.05, 0.1) is 4.90 Å². The molecule has 8 heteroatoms. The molecule has 2 amide bonds. The Balaban J connectivity index is 1.63. The van der Waals surface area contributed by atoms with Crippen molar-refractivity contribution in [2.75, 3.05) is 11.4 Å². The molecule has 0 atom stereocenters. The molecule has 0 spiro atoms. The molecule has 160 valence electrons. The van der Waals surface area contributed by atoms with Gasteiger partial charge in [-0.2, -0.15) is 0 Å². The maximum absolute atomic E-state index is 12.5. The van der Waals surface area contributed by atoms with Crippen LogP contribution in [0, 0.1) is 0 Å². The van der Waals surface area contributed by atoms with Gasteiger partial charge in [0.15, 0.2) is 0 Å². The molecule has 0 aliphatic carbocycles. The third-order valence-corrected chi connectivity index (χ3v) is 6.49. The summed E-state index contributed by atoms with van der Waals surface area (Å²) in [7, 11) is -3.59. The first kappa shape index (κ1) is 22.0. The molecular weight excluding hydrogens is 402 g/mol. The fourth-order valence-electron chi connectivity index (χ4n) is 3.36. The van der Waals surface area contributed by atoms with E-state index in [9.17, 15) is 18.0 Å². The van der Waals surface area contributed by atoms with Gasteiger partial charge in [-0.05, 0) is 68.7 Å². The first-order valence-electron chi connectivity index (χ1n) is 10.1. The zero-order chi connectivity index (χ0) is 21.7. The molecule has 1 heterocycles. The van der Waals surface area contributed by atoms with Gasteiger partial charge in [0.25, 0.3) is 5.91 Å². The van der Waals surface area contributed by atoms with E-state index in [0.29, 0.717) is 18.5 Å². The Morgan fingerprint density at radius 2 is 1.83 bits per heavy atom. The summed E-state index contributed by atoms with van der Waals surface area (Å²) in [5, 5.41) is 2.84. The number of nitrogens with one attached hydrogen (secondary N) is 2. The van der Waals surface area contributed by atoms with Crippen LogP contribution in [0.15, 0.2) is 53.4 Å². The van der Waals surface area contributed by atoms with Gasteiger partial charge in [-0.15, -0.1) is 0 Å². The van der Waals surface area contributed by atoms with E-state index in [0.717, 1.165) is 30.6 Å². The van der Waals surface area contributed by atoms with Crippen molar-refractivity contribution in [1.82, 2.24) is 10.0 Å². The van der Waals surface area contributed by atoms with Crippen molar-refractivity contribution in [3.63, 3.8) is 0 Å². The van der Waals surface area contributed by atoms with Crippen LogP contribution in [0.3, 0.4) is 0 Å². The summed E-state index contributed by atoms with van der Waals surface area (Å²) in [5.41, 5.74) is 2.11. The fourth-order valence-corrected chi connectivity index (χ4v) is 4.61. The summed E-state index contributed by atoms with van der Waals surface area (Å²) in [6.45, 7) is 4.52. The lowest BCUT2D eigenvalue weighted by atomic mass is 10.1. The van der Waals surface area contributed by atoms with Gasteiger partial charge in [0.2, 0.25) is 15.9 Å². The van der Waals surface area contributed by atoms with Crippen molar-refractivity contribution in [3.8, 4) is 0 Å². The van der Waals surface area contributed by atoms with E-state index in [1.54, 1.807) is 18.7 Å². The first-order chi connectivity index (χ1) is 14.3. The van der Waals surface area contributed by atoms with Gasteiger partial charge < -0.3 is 10.2 Å². The van der Waals surface area contributed by atoms with Gasteiger partial charge >= 0.3 is 0 Å². The molecule has 1 aliphatic rings. The summed E-state index contributed by atoms with van der Waals surface area (Å²) >= 11 is 0. The van der Waals surface area contributed by atoms with Crippen LogP contribution in [0.4, 0.5) is 5.69 Å². The molecule has 1 saturated heterocycles. The number of hydrogen-bond donors (Lipinski definition) is 2. The summed E-state index contributed by atoms with van der Waals surface area (Å²) < 4.78 is 26.9. The minimum atomic E-state index is -3.59. The molecule has 0 unspecified atom stereocenters.